The fourth-order valence-electron chi connectivity index (χ4n) is 4.81. The summed E-state index contributed by atoms with van der Waals surface area (Å²) in [6.45, 7) is 3.89. The predicted molar refractivity (Wildman–Crippen MR) is 141 cm³/mol. The molecular weight excluding hydrogens is 468 g/mol. The fraction of sp³-hybridized carbons (Fsp3) is 0.308. The maximum atomic E-state index is 12.2. The van der Waals surface area contributed by atoms with Crippen LogP contribution in [0.2, 0.25) is 0 Å². The lowest BCUT2D eigenvalue weighted by Crippen LogP contribution is -2.44. The first-order valence-electron chi connectivity index (χ1n) is 12.5. The maximum absolute atomic E-state index is 12.2. The molecule has 37 heavy (non-hydrogen) atoms. The first kappa shape index (κ1) is 21.9. The molecule has 6 heterocycles. The van der Waals surface area contributed by atoms with Gasteiger partial charge in [0.05, 0.1) is 40.9 Å². The second-order valence-corrected chi connectivity index (χ2v) is 9.85. The number of aromatic nitrogens is 7. The molecule has 7 rings (SSSR count). The van der Waals surface area contributed by atoms with E-state index in [2.05, 4.69) is 52.3 Å². The summed E-state index contributed by atoms with van der Waals surface area (Å²) in [6, 6.07) is 3.95. The van der Waals surface area contributed by atoms with Crippen LogP contribution in [-0.4, -0.2) is 79.2 Å². The summed E-state index contributed by atoms with van der Waals surface area (Å²) in [6.07, 6.45) is 10.8. The van der Waals surface area contributed by atoms with Crippen LogP contribution in [-0.2, 0) is 4.79 Å². The number of carbonyl (C=O) groups is 1. The Balaban J connectivity index is 1.24. The third kappa shape index (κ3) is 4.06. The summed E-state index contributed by atoms with van der Waals surface area (Å²) in [4.78, 5) is 38.6. The van der Waals surface area contributed by atoms with E-state index in [1.807, 2.05) is 18.3 Å². The number of fused-ring (bicyclic) bond motifs is 2. The number of anilines is 2. The van der Waals surface area contributed by atoms with Gasteiger partial charge in [-0.1, -0.05) is 0 Å². The zero-order valence-electron chi connectivity index (χ0n) is 20.4. The third-order valence-corrected chi connectivity index (χ3v) is 7.15. The average Bonchev–Trinajstić information content (AvgIpc) is 3.55. The maximum Gasteiger partial charge on any atom is 0.227 e. The van der Waals surface area contributed by atoms with Crippen LogP contribution >= 0.6 is 0 Å². The second-order valence-electron chi connectivity index (χ2n) is 9.85. The van der Waals surface area contributed by atoms with Crippen molar-refractivity contribution in [3.8, 4) is 22.6 Å². The van der Waals surface area contributed by atoms with Crippen molar-refractivity contribution >= 4 is 39.3 Å². The molecule has 5 aromatic rings. The number of amides is 1. The van der Waals surface area contributed by atoms with Crippen LogP contribution in [0.4, 0.5) is 11.4 Å². The van der Waals surface area contributed by atoms with Crippen LogP contribution in [0, 0.1) is 5.92 Å². The van der Waals surface area contributed by atoms with Crippen LogP contribution in [0.5, 0.6) is 0 Å². The van der Waals surface area contributed by atoms with E-state index in [0.717, 1.165) is 77.9 Å². The van der Waals surface area contributed by atoms with E-state index in [-0.39, 0.29) is 11.8 Å². The number of nitrogens with zero attached hydrogens (tertiary/aromatic N) is 7. The molecule has 2 aliphatic rings. The van der Waals surface area contributed by atoms with Gasteiger partial charge in [0, 0.05) is 55.6 Å². The summed E-state index contributed by atoms with van der Waals surface area (Å²) < 4.78 is 0. The first-order valence-corrected chi connectivity index (χ1v) is 12.5. The molecule has 0 aromatic carbocycles. The van der Waals surface area contributed by atoms with E-state index in [0.29, 0.717) is 17.2 Å². The van der Waals surface area contributed by atoms with Crippen LogP contribution < -0.4 is 10.2 Å². The Morgan fingerprint density at radius 1 is 1.00 bits per heavy atom. The van der Waals surface area contributed by atoms with Gasteiger partial charge in [-0.05, 0) is 32.0 Å². The van der Waals surface area contributed by atoms with Gasteiger partial charge in [-0.25, -0.2) is 9.97 Å². The van der Waals surface area contributed by atoms with Gasteiger partial charge in [0.25, 0.3) is 0 Å². The zero-order valence-corrected chi connectivity index (χ0v) is 20.4. The van der Waals surface area contributed by atoms with Crippen molar-refractivity contribution in [3.63, 3.8) is 0 Å². The number of H-pyrrole nitrogens is 2. The molecule has 1 saturated heterocycles. The highest BCUT2D eigenvalue weighted by atomic mass is 16.2. The number of aromatic amines is 2. The van der Waals surface area contributed by atoms with Gasteiger partial charge < -0.3 is 20.1 Å². The van der Waals surface area contributed by atoms with E-state index in [1.165, 1.54) is 0 Å². The molecule has 2 fully saturated rings. The SMILES string of the molecule is CN1CCN(c2cncc3[nH]c(-c4[nH]nc5ncc(-c6cncc(NC(=O)C7CC7)c6)cc45)nc23)CC1. The van der Waals surface area contributed by atoms with E-state index in [1.54, 1.807) is 24.8 Å². The zero-order chi connectivity index (χ0) is 24.9. The molecule has 0 unspecified atom stereocenters. The molecular formula is C26H26N10O. The lowest BCUT2D eigenvalue weighted by atomic mass is 10.1. The number of carbonyl (C=O) groups excluding carboxylic acids is 1. The number of nitrogens with one attached hydrogen (secondary N) is 3. The minimum absolute atomic E-state index is 0.0555. The topological polar surface area (TPSA) is 132 Å². The summed E-state index contributed by atoms with van der Waals surface area (Å²) in [5.74, 6) is 0.870. The molecule has 0 bridgehead atoms. The van der Waals surface area contributed by atoms with Crippen LogP contribution in [0.15, 0.2) is 43.1 Å². The van der Waals surface area contributed by atoms with Gasteiger partial charge in [-0.2, -0.15) is 5.10 Å². The smallest absolute Gasteiger partial charge is 0.227 e. The highest BCUT2D eigenvalue weighted by Crippen LogP contribution is 2.33. The Labute approximate surface area is 212 Å². The van der Waals surface area contributed by atoms with Crippen molar-refractivity contribution in [1.82, 2.24) is 40.0 Å². The van der Waals surface area contributed by atoms with Crippen molar-refractivity contribution in [1.29, 1.82) is 0 Å². The number of likely N-dealkylation sites (N-methyl/N-ethyl adjacent to an activating group) is 1. The number of hydrogen-bond acceptors (Lipinski definition) is 8. The number of piperazine rings is 1. The monoisotopic (exact) mass is 494 g/mol. The van der Waals surface area contributed by atoms with E-state index < -0.39 is 0 Å². The summed E-state index contributed by atoms with van der Waals surface area (Å²) >= 11 is 0. The lowest BCUT2D eigenvalue weighted by Gasteiger charge is -2.33. The van der Waals surface area contributed by atoms with Gasteiger partial charge in [0.15, 0.2) is 11.5 Å². The van der Waals surface area contributed by atoms with Crippen LogP contribution in [0.25, 0.3) is 44.7 Å². The van der Waals surface area contributed by atoms with Crippen molar-refractivity contribution < 1.29 is 4.79 Å². The minimum atomic E-state index is 0.0555. The number of pyridine rings is 3. The Kier molecular flexibility index (Phi) is 5.10. The minimum Gasteiger partial charge on any atom is -0.366 e. The van der Waals surface area contributed by atoms with Crippen LogP contribution in [0.3, 0.4) is 0 Å². The quantitative estimate of drug-likeness (QED) is 0.340. The number of imidazole rings is 1. The van der Waals surface area contributed by atoms with Crippen molar-refractivity contribution in [2.24, 2.45) is 5.92 Å². The number of hydrogen-bond donors (Lipinski definition) is 3. The first-order chi connectivity index (χ1) is 18.1. The Hall–Kier alpha value is -4.38. The molecule has 1 aliphatic heterocycles. The lowest BCUT2D eigenvalue weighted by molar-refractivity contribution is -0.117. The van der Waals surface area contributed by atoms with Crippen LogP contribution in [0.1, 0.15) is 12.8 Å². The standard InChI is InChI=1S/C26H26N10O/c1-35-4-6-36(7-5-35)21-14-28-13-20-23(21)32-25(31-20)22-19-9-17(11-29-24(19)34-33-22)16-8-18(12-27-10-16)30-26(37)15-2-3-15/h8-15H,2-7H2,1H3,(H,30,37)(H,31,32)(H,29,33,34). The van der Waals surface area contributed by atoms with Gasteiger partial charge >= 0.3 is 0 Å². The van der Waals surface area contributed by atoms with Gasteiger partial charge in [-0.15, -0.1) is 0 Å². The fourth-order valence-corrected chi connectivity index (χ4v) is 4.81. The molecule has 3 N–H and O–H groups in total. The molecule has 11 heteroatoms. The third-order valence-electron chi connectivity index (χ3n) is 7.15. The second kappa shape index (κ2) is 8.63. The van der Waals surface area contributed by atoms with E-state index in [9.17, 15) is 4.79 Å². The van der Waals surface area contributed by atoms with Crippen molar-refractivity contribution in [2.75, 3.05) is 43.4 Å². The van der Waals surface area contributed by atoms with Gasteiger partial charge in [-0.3, -0.25) is 19.9 Å². The molecule has 1 amide bonds. The molecule has 11 nitrogen and oxygen atoms in total. The summed E-state index contributed by atoms with van der Waals surface area (Å²) in [7, 11) is 2.14. The average molecular weight is 495 g/mol. The summed E-state index contributed by atoms with van der Waals surface area (Å²) in [5, 5.41) is 11.3. The van der Waals surface area contributed by atoms with E-state index >= 15 is 0 Å². The van der Waals surface area contributed by atoms with Crippen molar-refractivity contribution in [2.45, 2.75) is 12.8 Å². The molecule has 1 saturated carbocycles. The van der Waals surface area contributed by atoms with Crippen molar-refractivity contribution in [3.05, 3.63) is 43.1 Å². The van der Waals surface area contributed by atoms with E-state index in [4.69, 9.17) is 4.98 Å². The molecule has 1 aliphatic carbocycles. The summed E-state index contributed by atoms with van der Waals surface area (Å²) in [5.41, 5.74) is 6.59. The highest BCUT2D eigenvalue weighted by molar-refractivity contribution is 5.97. The van der Waals surface area contributed by atoms with Gasteiger partial charge in [0.2, 0.25) is 5.91 Å². The Bertz CT molecular complexity index is 1630. The molecule has 0 radical (unpaired) electrons. The predicted octanol–water partition coefficient (Wildman–Crippen LogP) is 3.06. The molecule has 0 atom stereocenters. The Morgan fingerprint density at radius 2 is 1.81 bits per heavy atom. The number of rotatable bonds is 5. The Morgan fingerprint density at radius 3 is 2.65 bits per heavy atom. The molecule has 0 spiro atoms. The molecule has 186 valence electrons. The normalized spacial score (nSPS) is 16.5. The van der Waals surface area contributed by atoms with Gasteiger partial charge in [0.1, 0.15) is 11.2 Å². The highest BCUT2D eigenvalue weighted by Gasteiger charge is 2.29. The largest absolute Gasteiger partial charge is 0.366 e. The molecule has 5 aromatic heterocycles.